The molecular weight excluding hydrogens is 548 g/mol. The first kappa shape index (κ1) is 26.0. The Bertz CT molecular complexity index is 985. The van der Waals surface area contributed by atoms with E-state index in [9.17, 15) is 9.50 Å². The zero-order valence-corrected chi connectivity index (χ0v) is 20.6. The van der Waals surface area contributed by atoms with Crippen LogP contribution in [-0.2, 0) is 13.0 Å². The molecule has 172 valence electrons. The van der Waals surface area contributed by atoms with Crippen molar-refractivity contribution in [1.29, 1.82) is 0 Å². The Kier molecular flexibility index (Phi) is 10.8. The zero-order valence-electron chi connectivity index (χ0n) is 17.6. The van der Waals surface area contributed by atoms with Gasteiger partial charge in [-0.2, -0.15) is 0 Å². The van der Waals surface area contributed by atoms with Crippen molar-refractivity contribution in [2.45, 2.75) is 19.1 Å². The van der Waals surface area contributed by atoms with E-state index in [-0.39, 0.29) is 35.5 Å². The molecule has 0 spiro atoms. The summed E-state index contributed by atoms with van der Waals surface area (Å²) in [5, 5.41) is 16.8. The third-order valence-corrected chi connectivity index (χ3v) is 4.92. The molecule has 1 heterocycles. The summed E-state index contributed by atoms with van der Waals surface area (Å²) in [5.74, 6) is 1.60. The van der Waals surface area contributed by atoms with Gasteiger partial charge in [0.15, 0.2) is 5.96 Å². The van der Waals surface area contributed by atoms with Crippen molar-refractivity contribution >= 4 is 41.5 Å². The Hall–Kier alpha value is -2.30. The van der Waals surface area contributed by atoms with E-state index in [1.54, 1.807) is 19.4 Å². The standard InChI is InChI=1S/C23H25ClFN3O3.HI/c1-30-18-7-4-16(5-8-18)14-27-23(26-11-10-19-3-2-12-31-19)28-15-22(29)17-6-9-20(24)21(25)13-17;/h2-9,12-13,22,29H,10-11,14-15H2,1H3,(H2,26,27,28);1H. The molecule has 0 saturated carbocycles. The van der Waals surface area contributed by atoms with Gasteiger partial charge in [-0.3, -0.25) is 0 Å². The number of hydrogen-bond acceptors (Lipinski definition) is 4. The Balaban J connectivity index is 0.00000363. The van der Waals surface area contributed by atoms with Crippen LogP contribution in [0.1, 0.15) is 23.0 Å². The summed E-state index contributed by atoms with van der Waals surface area (Å²) >= 11 is 5.71. The molecule has 0 aliphatic heterocycles. The van der Waals surface area contributed by atoms with Gasteiger partial charge in [0, 0.05) is 19.5 Å². The number of ether oxygens (including phenoxy) is 1. The largest absolute Gasteiger partial charge is 0.497 e. The highest BCUT2D eigenvalue weighted by molar-refractivity contribution is 14.0. The van der Waals surface area contributed by atoms with Crippen molar-refractivity contribution in [3.8, 4) is 5.75 Å². The number of nitrogens with zero attached hydrogens (tertiary/aromatic N) is 1. The quantitative estimate of drug-likeness (QED) is 0.196. The Morgan fingerprint density at radius 2 is 1.97 bits per heavy atom. The van der Waals surface area contributed by atoms with Crippen molar-refractivity contribution in [1.82, 2.24) is 10.6 Å². The Morgan fingerprint density at radius 3 is 2.62 bits per heavy atom. The zero-order chi connectivity index (χ0) is 22.1. The molecule has 1 aromatic heterocycles. The fourth-order valence-corrected chi connectivity index (χ4v) is 2.98. The van der Waals surface area contributed by atoms with E-state index in [4.69, 9.17) is 20.8 Å². The van der Waals surface area contributed by atoms with Gasteiger partial charge in [-0.15, -0.1) is 24.0 Å². The average molecular weight is 574 g/mol. The maximum absolute atomic E-state index is 13.7. The monoisotopic (exact) mass is 573 g/mol. The summed E-state index contributed by atoms with van der Waals surface area (Å²) in [6.45, 7) is 1.18. The van der Waals surface area contributed by atoms with E-state index in [2.05, 4.69) is 15.6 Å². The molecule has 0 radical (unpaired) electrons. The summed E-state index contributed by atoms with van der Waals surface area (Å²) in [6, 6.07) is 15.6. The van der Waals surface area contributed by atoms with Gasteiger partial charge in [0.25, 0.3) is 0 Å². The van der Waals surface area contributed by atoms with Gasteiger partial charge in [-0.1, -0.05) is 29.8 Å². The van der Waals surface area contributed by atoms with Gasteiger partial charge in [0.2, 0.25) is 0 Å². The molecule has 3 rings (SSSR count). The lowest BCUT2D eigenvalue weighted by atomic mass is 10.1. The van der Waals surface area contributed by atoms with Crippen molar-refractivity contribution in [2.24, 2.45) is 4.99 Å². The fourth-order valence-electron chi connectivity index (χ4n) is 2.87. The second-order valence-electron chi connectivity index (χ2n) is 6.84. The molecule has 0 fully saturated rings. The van der Waals surface area contributed by atoms with Crippen LogP contribution < -0.4 is 15.4 Å². The number of aliphatic hydroxyl groups excluding tert-OH is 1. The van der Waals surface area contributed by atoms with Crippen LogP contribution in [0, 0.1) is 5.82 Å². The van der Waals surface area contributed by atoms with Gasteiger partial charge in [0.05, 0.1) is 31.0 Å². The summed E-state index contributed by atoms with van der Waals surface area (Å²) < 4.78 is 24.2. The lowest BCUT2D eigenvalue weighted by molar-refractivity contribution is 0.180. The number of aliphatic imine (C=N–C) groups is 1. The molecule has 32 heavy (non-hydrogen) atoms. The SMILES string of the molecule is COc1ccc(CN=C(NCCc2ccco2)NCC(O)c2ccc(Cl)c(F)c2)cc1.I. The minimum Gasteiger partial charge on any atom is -0.497 e. The summed E-state index contributed by atoms with van der Waals surface area (Å²) in [4.78, 5) is 4.58. The van der Waals surface area contributed by atoms with Crippen LogP contribution >= 0.6 is 35.6 Å². The summed E-state index contributed by atoms with van der Waals surface area (Å²) in [5.41, 5.74) is 1.44. The number of hydrogen-bond donors (Lipinski definition) is 3. The molecule has 9 heteroatoms. The lowest BCUT2D eigenvalue weighted by Gasteiger charge is -2.16. The summed E-state index contributed by atoms with van der Waals surface area (Å²) in [6.07, 6.45) is 1.39. The second-order valence-corrected chi connectivity index (χ2v) is 7.25. The predicted octanol–water partition coefficient (Wildman–Crippen LogP) is 4.71. The van der Waals surface area contributed by atoms with Crippen LogP contribution in [0.25, 0.3) is 0 Å². The molecule has 0 aliphatic rings. The molecule has 2 aromatic carbocycles. The van der Waals surface area contributed by atoms with Crippen molar-refractivity contribution < 1.29 is 18.7 Å². The predicted molar refractivity (Wildman–Crippen MR) is 134 cm³/mol. The van der Waals surface area contributed by atoms with Crippen molar-refractivity contribution in [3.63, 3.8) is 0 Å². The fraction of sp³-hybridized carbons (Fsp3) is 0.261. The molecule has 1 unspecified atom stereocenters. The molecule has 3 N–H and O–H groups in total. The van der Waals surface area contributed by atoms with Gasteiger partial charge >= 0.3 is 0 Å². The van der Waals surface area contributed by atoms with E-state index in [0.29, 0.717) is 31.0 Å². The number of furan rings is 1. The maximum Gasteiger partial charge on any atom is 0.191 e. The van der Waals surface area contributed by atoms with Crippen LogP contribution in [0.15, 0.2) is 70.3 Å². The topological polar surface area (TPSA) is 79.0 Å². The number of benzene rings is 2. The van der Waals surface area contributed by atoms with Crippen LogP contribution in [0.4, 0.5) is 4.39 Å². The van der Waals surface area contributed by atoms with Crippen LogP contribution in [0.5, 0.6) is 5.75 Å². The first-order valence-corrected chi connectivity index (χ1v) is 10.2. The second kappa shape index (κ2) is 13.3. The van der Waals surface area contributed by atoms with Gasteiger partial charge in [0.1, 0.15) is 17.3 Å². The molecule has 1 atom stereocenters. The number of methoxy groups -OCH3 is 1. The van der Waals surface area contributed by atoms with Gasteiger partial charge in [-0.05, 0) is 47.5 Å². The molecular formula is C23H26ClFIN3O3. The minimum absolute atomic E-state index is 0. The molecule has 0 aliphatic carbocycles. The highest BCUT2D eigenvalue weighted by Gasteiger charge is 2.11. The lowest BCUT2D eigenvalue weighted by Crippen LogP contribution is -2.40. The van der Waals surface area contributed by atoms with E-state index >= 15 is 0 Å². The third kappa shape index (κ3) is 7.99. The number of guanidine groups is 1. The number of nitrogens with one attached hydrogen (secondary N) is 2. The van der Waals surface area contributed by atoms with Crippen molar-refractivity contribution in [3.05, 3.63) is 88.6 Å². The average Bonchev–Trinajstić information content (AvgIpc) is 3.30. The first-order valence-electron chi connectivity index (χ1n) is 9.85. The Morgan fingerprint density at radius 1 is 1.19 bits per heavy atom. The molecule has 6 nitrogen and oxygen atoms in total. The number of aliphatic hydroxyl groups is 1. The van der Waals surface area contributed by atoms with E-state index in [1.165, 1.54) is 12.1 Å². The highest BCUT2D eigenvalue weighted by Crippen LogP contribution is 2.20. The first-order chi connectivity index (χ1) is 15.0. The number of rotatable bonds is 9. The molecule has 0 bridgehead atoms. The van der Waals surface area contributed by atoms with Crippen LogP contribution in [-0.4, -0.2) is 31.3 Å². The molecule has 0 amide bonds. The smallest absolute Gasteiger partial charge is 0.191 e. The third-order valence-electron chi connectivity index (χ3n) is 4.61. The van der Waals surface area contributed by atoms with E-state index in [1.807, 2.05) is 36.4 Å². The minimum atomic E-state index is -0.926. The van der Waals surface area contributed by atoms with Crippen LogP contribution in [0.2, 0.25) is 5.02 Å². The van der Waals surface area contributed by atoms with E-state index in [0.717, 1.165) is 17.1 Å². The van der Waals surface area contributed by atoms with Gasteiger partial charge in [-0.25, -0.2) is 9.38 Å². The molecule has 3 aromatic rings. The van der Waals surface area contributed by atoms with E-state index < -0.39 is 11.9 Å². The Labute approximate surface area is 208 Å². The van der Waals surface area contributed by atoms with Gasteiger partial charge < -0.3 is 24.9 Å². The highest BCUT2D eigenvalue weighted by atomic mass is 127. The van der Waals surface area contributed by atoms with Crippen molar-refractivity contribution in [2.75, 3.05) is 20.2 Å². The molecule has 0 saturated heterocycles. The normalized spacial score (nSPS) is 12.1. The summed E-state index contributed by atoms with van der Waals surface area (Å²) in [7, 11) is 1.62. The maximum atomic E-state index is 13.7. The number of halogens is 3. The van der Waals surface area contributed by atoms with Crippen LogP contribution in [0.3, 0.4) is 0 Å².